The molecule has 1 saturated heterocycles. The molecule has 1 aliphatic heterocycles. The summed E-state index contributed by atoms with van der Waals surface area (Å²) in [5.41, 5.74) is -0.413. The highest BCUT2D eigenvalue weighted by Crippen LogP contribution is 2.30. The molecule has 94 valence electrons. The van der Waals surface area contributed by atoms with Crippen molar-refractivity contribution < 1.29 is 14.3 Å². The molecule has 1 rings (SSSR count). The molecule has 16 heavy (non-hydrogen) atoms. The summed E-state index contributed by atoms with van der Waals surface area (Å²) in [6.07, 6.45) is 2.94. The van der Waals surface area contributed by atoms with Crippen LogP contribution in [0, 0.1) is 0 Å². The lowest BCUT2D eigenvalue weighted by atomic mass is 9.99. The lowest BCUT2D eigenvalue weighted by Gasteiger charge is -2.32. The van der Waals surface area contributed by atoms with Gasteiger partial charge in [-0.25, -0.2) is 0 Å². The van der Waals surface area contributed by atoms with Gasteiger partial charge in [0, 0.05) is 20.3 Å². The Hall–Kier alpha value is -0.610. The minimum absolute atomic E-state index is 0.0788. The molecule has 0 aromatic rings. The number of esters is 1. The first-order chi connectivity index (χ1) is 7.65. The first kappa shape index (κ1) is 13.5. The van der Waals surface area contributed by atoms with Crippen LogP contribution in [0.15, 0.2) is 0 Å². The fraction of sp³-hybridized carbons (Fsp3) is 0.917. The molecule has 0 unspecified atom stereocenters. The van der Waals surface area contributed by atoms with E-state index in [2.05, 4.69) is 4.90 Å². The van der Waals surface area contributed by atoms with E-state index in [1.165, 1.54) is 0 Å². The number of likely N-dealkylation sites (tertiary alicyclic amines) is 1. The average Bonchev–Trinajstić information content (AvgIpc) is 2.63. The predicted octanol–water partition coefficient (Wildman–Crippen LogP) is 1.44. The number of ether oxygens (including phenoxy) is 2. The van der Waals surface area contributed by atoms with Crippen LogP contribution in [0.3, 0.4) is 0 Å². The van der Waals surface area contributed by atoms with Crippen LogP contribution >= 0.6 is 0 Å². The molecule has 0 spiro atoms. The minimum Gasteiger partial charge on any atom is -0.465 e. The monoisotopic (exact) mass is 229 g/mol. The SMILES string of the molecule is CCOC(=O)[C@@]1(C)CCCN1CCCOC. The van der Waals surface area contributed by atoms with Crippen LogP contribution in [-0.4, -0.2) is 49.8 Å². The van der Waals surface area contributed by atoms with Crippen molar-refractivity contribution in [2.45, 2.75) is 38.6 Å². The summed E-state index contributed by atoms with van der Waals surface area (Å²) in [4.78, 5) is 14.1. The summed E-state index contributed by atoms with van der Waals surface area (Å²) >= 11 is 0. The second-order valence-corrected chi connectivity index (χ2v) is 4.43. The maximum atomic E-state index is 11.9. The predicted molar refractivity (Wildman–Crippen MR) is 62.3 cm³/mol. The van der Waals surface area contributed by atoms with Gasteiger partial charge in [0.2, 0.25) is 0 Å². The number of hydrogen-bond acceptors (Lipinski definition) is 4. The summed E-state index contributed by atoms with van der Waals surface area (Å²) in [5, 5.41) is 0. The van der Waals surface area contributed by atoms with Gasteiger partial charge < -0.3 is 9.47 Å². The normalized spacial score (nSPS) is 25.9. The molecule has 4 heteroatoms. The Balaban J connectivity index is 2.52. The van der Waals surface area contributed by atoms with Gasteiger partial charge in [0.05, 0.1) is 6.61 Å². The third-order valence-electron chi connectivity index (χ3n) is 3.28. The smallest absolute Gasteiger partial charge is 0.326 e. The van der Waals surface area contributed by atoms with E-state index in [1.807, 2.05) is 13.8 Å². The van der Waals surface area contributed by atoms with E-state index >= 15 is 0 Å². The first-order valence-corrected chi connectivity index (χ1v) is 6.06. The molecule has 0 saturated carbocycles. The van der Waals surface area contributed by atoms with E-state index < -0.39 is 5.54 Å². The molecule has 0 aromatic carbocycles. The van der Waals surface area contributed by atoms with Crippen molar-refractivity contribution in [1.29, 1.82) is 0 Å². The van der Waals surface area contributed by atoms with Crippen molar-refractivity contribution in [1.82, 2.24) is 4.90 Å². The first-order valence-electron chi connectivity index (χ1n) is 6.06. The molecule has 0 bridgehead atoms. The van der Waals surface area contributed by atoms with Crippen LogP contribution in [0.1, 0.15) is 33.1 Å². The van der Waals surface area contributed by atoms with Gasteiger partial charge in [-0.05, 0) is 39.7 Å². The van der Waals surface area contributed by atoms with Gasteiger partial charge >= 0.3 is 5.97 Å². The van der Waals surface area contributed by atoms with Crippen LogP contribution in [0.5, 0.6) is 0 Å². The van der Waals surface area contributed by atoms with Crippen LogP contribution in [0.25, 0.3) is 0 Å². The molecule has 4 nitrogen and oxygen atoms in total. The summed E-state index contributed by atoms with van der Waals surface area (Å²) < 4.78 is 10.2. The molecule has 0 amide bonds. The Bertz CT molecular complexity index is 232. The summed E-state index contributed by atoms with van der Waals surface area (Å²) in [6, 6.07) is 0. The number of methoxy groups -OCH3 is 1. The largest absolute Gasteiger partial charge is 0.465 e. The Labute approximate surface area is 97.9 Å². The molecule has 1 atom stereocenters. The average molecular weight is 229 g/mol. The van der Waals surface area contributed by atoms with Crippen molar-refractivity contribution in [3.63, 3.8) is 0 Å². The molecule has 1 heterocycles. The van der Waals surface area contributed by atoms with Crippen LogP contribution in [0.4, 0.5) is 0 Å². The molecule has 1 aliphatic rings. The number of carbonyl (C=O) groups excluding carboxylic acids is 1. The van der Waals surface area contributed by atoms with Gasteiger partial charge in [-0.3, -0.25) is 9.69 Å². The van der Waals surface area contributed by atoms with E-state index in [9.17, 15) is 4.79 Å². The maximum Gasteiger partial charge on any atom is 0.326 e. The van der Waals surface area contributed by atoms with Crippen molar-refractivity contribution in [3.05, 3.63) is 0 Å². The molecule has 0 aromatic heterocycles. The second kappa shape index (κ2) is 6.21. The Morgan fingerprint density at radius 1 is 1.50 bits per heavy atom. The van der Waals surface area contributed by atoms with Crippen molar-refractivity contribution in [2.24, 2.45) is 0 Å². The van der Waals surface area contributed by atoms with E-state index in [4.69, 9.17) is 9.47 Å². The number of hydrogen-bond donors (Lipinski definition) is 0. The van der Waals surface area contributed by atoms with Gasteiger partial charge in [0.1, 0.15) is 5.54 Å². The maximum absolute atomic E-state index is 11.9. The highest BCUT2D eigenvalue weighted by Gasteiger charge is 2.43. The van der Waals surface area contributed by atoms with Gasteiger partial charge in [0.15, 0.2) is 0 Å². The Morgan fingerprint density at radius 3 is 2.88 bits per heavy atom. The summed E-state index contributed by atoms with van der Waals surface area (Å²) in [6.45, 7) is 6.94. The van der Waals surface area contributed by atoms with Crippen LogP contribution in [-0.2, 0) is 14.3 Å². The fourth-order valence-corrected chi connectivity index (χ4v) is 2.30. The van der Waals surface area contributed by atoms with Crippen molar-refractivity contribution in [2.75, 3.05) is 33.4 Å². The molecule has 0 aliphatic carbocycles. The molecule has 0 radical (unpaired) electrons. The van der Waals surface area contributed by atoms with Gasteiger partial charge in [-0.1, -0.05) is 0 Å². The summed E-state index contributed by atoms with van der Waals surface area (Å²) in [7, 11) is 1.70. The second-order valence-electron chi connectivity index (χ2n) is 4.43. The molecule has 0 N–H and O–H groups in total. The molecular formula is C12H23NO3. The highest BCUT2D eigenvalue weighted by molar-refractivity contribution is 5.80. The Kier molecular flexibility index (Phi) is 5.22. The summed E-state index contributed by atoms with van der Waals surface area (Å²) in [5.74, 6) is -0.0788. The highest BCUT2D eigenvalue weighted by atomic mass is 16.5. The van der Waals surface area contributed by atoms with E-state index in [0.29, 0.717) is 6.61 Å². The Morgan fingerprint density at radius 2 is 2.25 bits per heavy atom. The van der Waals surface area contributed by atoms with E-state index in [-0.39, 0.29) is 5.97 Å². The minimum atomic E-state index is -0.413. The van der Waals surface area contributed by atoms with Gasteiger partial charge in [0.25, 0.3) is 0 Å². The van der Waals surface area contributed by atoms with Crippen LogP contribution < -0.4 is 0 Å². The lowest BCUT2D eigenvalue weighted by Crippen LogP contribution is -2.49. The van der Waals surface area contributed by atoms with Crippen LogP contribution in [0.2, 0.25) is 0 Å². The quantitative estimate of drug-likeness (QED) is 0.510. The van der Waals surface area contributed by atoms with E-state index in [0.717, 1.165) is 39.0 Å². The van der Waals surface area contributed by atoms with E-state index in [1.54, 1.807) is 7.11 Å². The molecular weight excluding hydrogens is 206 g/mol. The zero-order chi connectivity index (χ0) is 12.0. The zero-order valence-corrected chi connectivity index (χ0v) is 10.6. The van der Waals surface area contributed by atoms with Crippen molar-refractivity contribution >= 4 is 5.97 Å². The number of nitrogens with zero attached hydrogens (tertiary/aromatic N) is 1. The number of rotatable bonds is 6. The fourth-order valence-electron chi connectivity index (χ4n) is 2.30. The third-order valence-corrected chi connectivity index (χ3v) is 3.28. The zero-order valence-electron chi connectivity index (χ0n) is 10.6. The van der Waals surface area contributed by atoms with Gasteiger partial charge in [-0.15, -0.1) is 0 Å². The molecule has 1 fully saturated rings. The number of carbonyl (C=O) groups is 1. The topological polar surface area (TPSA) is 38.8 Å². The van der Waals surface area contributed by atoms with Gasteiger partial charge in [-0.2, -0.15) is 0 Å². The lowest BCUT2D eigenvalue weighted by molar-refractivity contribution is -0.155. The third kappa shape index (κ3) is 2.95. The standard InChI is InChI=1S/C12H23NO3/c1-4-16-11(14)12(2)7-5-8-13(12)9-6-10-15-3/h4-10H2,1-3H3/t12-/m1/s1. The van der Waals surface area contributed by atoms with Crippen molar-refractivity contribution in [3.8, 4) is 0 Å².